The molecule has 0 saturated carbocycles. The van der Waals surface area contributed by atoms with E-state index in [1.54, 1.807) is 36.8 Å². The molecule has 4 heterocycles. The van der Waals surface area contributed by atoms with Gasteiger partial charge in [0.1, 0.15) is 0 Å². The number of carbonyl (C=O) groups excluding carboxylic acids is 1. The Morgan fingerprint density at radius 1 is 1.00 bits per heavy atom. The van der Waals surface area contributed by atoms with E-state index in [4.69, 9.17) is 4.98 Å². The lowest BCUT2D eigenvalue weighted by Gasteiger charge is -2.33. The normalized spacial score (nSPS) is 14.7. The van der Waals surface area contributed by atoms with Crippen LogP contribution in [0, 0.1) is 0 Å². The molecule has 8 nitrogen and oxygen atoms in total. The van der Waals surface area contributed by atoms with Gasteiger partial charge in [0.05, 0.1) is 22.3 Å². The molecule has 0 radical (unpaired) electrons. The molecule has 5 aromatic rings. The third-order valence-corrected chi connectivity index (χ3v) is 7.62. The number of halogens is 3. The highest BCUT2D eigenvalue weighted by atomic mass is 19.4. The van der Waals surface area contributed by atoms with Crippen LogP contribution in [0.5, 0.6) is 0 Å². The van der Waals surface area contributed by atoms with Crippen molar-refractivity contribution in [3.8, 4) is 11.4 Å². The Morgan fingerprint density at radius 2 is 1.84 bits per heavy atom. The Balaban J connectivity index is 1.21. The SMILES string of the molecule is CN1CCN(Cc2ccc(NC(=O)c3cccc(Cc4nc(-c5cccnc5)nc5cc[nH]c45)c3)cc2C(F)(F)F)CC1. The van der Waals surface area contributed by atoms with Gasteiger partial charge in [-0.15, -0.1) is 0 Å². The largest absolute Gasteiger partial charge is 0.416 e. The van der Waals surface area contributed by atoms with Crippen LogP contribution in [-0.2, 0) is 19.1 Å². The number of rotatable bonds is 7. The number of pyridine rings is 1. The van der Waals surface area contributed by atoms with E-state index in [2.05, 4.69) is 25.2 Å². The van der Waals surface area contributed by atoms with E-state index in [9.17, 15) is 18.0 Å². The molecule has 43 heavy (non-hydrogen) atoms. The van der Waals surface area contributed by atoms with Crippen molar-refractivity contribution in [2.75, 3.05) is 38.5 Å². The first kappa shape index (κ1) is 28.5. The predicted molar refractivity (Wildman–Crippen MR) is 159 cm³/mol. The van der Waals surface area contributed by atoms with E-state index in [1.165, 1.54) is 12.1 Å². The van der Waals surface area contributed by atoms with E-state index in [0.29, 0.717) is 30.9 Å². The molecule has 0 unspecified atom stereocenters. The summed E-state index contributed by atoms with van der Waals surface area (Å²) in [6.45, 7) is 3.24. The number of alkyl halides is 3. The Bertz CT molecular complexity index is 1750. The first-order chi connectivity index (χ1) is 20.7. The van der Waals surface area contributed by atoms with Crippen LogP contribution in [0.3, 0.4) is 0 Å². The Kier molecular flexibility index (Phi) is 7.92. The van der Waals surface area contributed by atoms with Gasteiger partial charge in [-0.2, -0.15) is 13.2 Å². The molecule has 220 valence electrons. The van der Waals surface area contributed by atoms with Gasteiger partial charge in [-0.05, 0) is 60.6 Å². The first-order valence-corrected chi connectivity index (χ1v) is 14.0. The minimum Gasteiger partial charge on any atom is -0.358 e. The maximum Gasteiger partial charge on any atom is 0.416 e. The van der Waals surface area contributed by atoms with E-state index in [0.717, 1.165) is 47.0 Å². The summed E-state index contributed by atoms with van der Waals surface area (Å²) in [6, 6.07) is 16.6. The molecule has 1 aliphatic heterocycles. The number of hydrogen-bond acceptors (Lipinski definition) is 6. The van der Waals surface area contributed by atoms with Gasteiger partial charge < -0.3 is 15.2 Å². The molecule has 1 amide bonds. The van der Waals surface area contributed by atoms with Crippen molar-refractivity contribution in [1.82, 2.24) is 29.7 Å². The second-order valence-corrected chi connectivity index (χ2v) is 10.8. The van der Waals surface area contributed by atoms with Crippen LogP contribution < -0.4 is 5.32 Å². The van der Waals surface area contributed by atoms with E-state index in [1.807, 2.05) is 36.2 Å². The zero-order valence-electron chi connectivity index (χ0n) is 23.5. The number of H-pyrrole nitrogens is 1. The number of piperazine rings is 1. The van der Waals surface area contributed by atoms with Gasteiger partial charge >= 0.3 is 6.18 Å². The predicted octanol–water partition coefficient (Wildman–Crippen LogP) is 5.63. The topological polar surface area (TPSA) is 90.0 Å². The summed E-state index contributed by atoms with van der Waals surface area (Å²) in [5, 5.41) is 2.66. The van der Waals surface area contributed by atoms with Crippen LogP contribution in [0.25, 0.3) is 22.4 Å². The monoisotopic (exact) mass is 585 g/mol. The van der Waals surface area contributed by atoms with E-state index >= 15 is 0 Å². The van der Waals surface area contributed by atoms with Crippen LogP contribution in [0.1, 0.15) is 32.7 Å². The average molecular weight is 586 g/mol. The zero-order chi connectivity index (χ0) is 30.0. The fraction of sp³-hybridized carbons (Fsp3) is 0.250. The third-order valence-electron chi connectivity index (χ3n) is 7.62. The maximum absolute atomic E-state index is 14.0. The second kappa shape index (κ2) is 11.9. The molecular formula is C32H30F3N7O. The van der Waals surface area contributed by atoms with Crippen molar-refractivity contribution in [3.05, 3.63) is 107 Å². The average Bonchev–Trinajstić information content (AvgIpc) is 3.48. The van der Waals surface area contributed by atoms with Gasteiger partial charge in [-0.3, -0.25) is 14.7 Å². The molecule has 1 fully saturated rings. The van der Waals surface area contributed by atoms with Crippen molar-refractivity contribution in [3.63, 3.8) is 0 Å². The number of likely N-dealkylation sites (N-methyl/N-ethyl adjacent to an activating group) is 1. The molecule has 0 atom stereocenters. The number of amides is 1. The number of carbonyl (C=O) groups is 1. The van der Waals surface area contributed by atoms with E-state index in [-0.39, 0.29) is 17.8 Å². The summed E-state index contributed by atoms with van der Waals surface area (Å²) in [5.74, 6) is 0.0474. The van der Waals surface area contributed by atoms with Crippen molar-refractivity contribution in [2.45, 2.75) is 19.1 Å². The molecule has 2 N–H and O–H groups in total. The van der Waals surface area contributed by atoms with Crippen molar-refractivity contribution >= 4 is 22.6 Å². The van der Waals surface area contributed by atoms with Crippen LogP contribution in [0.4, 0.5) is 18.9 Å². The summed E-state index contributed by atoms with van der Waals surface area (Å²) in [5.41, 5.74) is 3.78. The van der Waals surface area contributed by atoms with Gasteiger partial charge in [0.25, 0.3) is 5.91 Å². The first-order valence-electron chi connectivity index (χ1n) is 14.0. The number of hydrogen-bond donors (Lipinski definition) is 2. The smallest absolute Gasteiger partial charge is 0.358 e. The fourth-order valence-electron chi connectivity index (χ4n) is 5.28. The van der Waals surface area contributed by atoms with Gasteiger partial charge in [-0.25, -0.2) is 9.97 Å². The molecule has 3 aromatic heterocycles. The summed E-state index contributed by atoms with van der Waals surface area (Å²) in [6.07, 6.45) is 1.05. The summed E-state index contributed by atoms with van der Waals surface area (Å²) >= 11 is 0. The minimum absolute atomic E-state index is 0.0925. The van der Waals surface area contributed by atoms with Crippen LogP contribution in [0.2, 0.25) is 0 Å². The maximum atomic E-state index is 14.0. The van der Waals surface area contributed by atoms with Gasteiger partial charge in [0.2, 0.25) is 0 Å². The summed E-state index contributed by atoms with van der Waals surface area (Å²) in [7, 11) is 2.00. The molecule has 11 heteroatoms. The summed E-state index contributed by atoms with van der Waals surface area (Å²) in [4.78, 5) is 34.1. The Labute approximate surface area is 246 Å². The van der Waals surface area contributed by atoms with E-state index < -0.39 is 17.6 Å². The Morgan fingerprint density at radius 3 is 2.60 bits per heavy atom. The second-order valence-electron chi connectivity index (χ2n) is 10.8. The molecule has 0 bridgehead atoms. The lowest BCUT2D eigenvalue weighted by Crippen LogP contribution is -2.44. The number of nitrogens with zero attached hydrogens (tertiary/aromatic N) is 5. The number of nitrogens with one attached hydrogen (secondary N) is 2. The highest BCUT2D eigenvalue weighted by Crippen LogP contribution is 2.35. The number of anilines is 1. The quantitative estimate of drug-likeness (QED) is 0.257. The molecular weight excluding hydrogens is 555 g/mol. The summed E-state index contributed by atoms with van der Waals surface area (Å²) < 4.78 is 42.1. The number of benzene rings is 2. The standard InChI is InChI=1S/C32H30F3N7O/c1-41-12-14-42(15-13-41)20-24-7-8-25(18-26(24)32(33,34)35)38-31(43)22-5-2-4-21(16-22)17-28-29-27(9-11-37-29)39-30(40-28)23-6-3-10-36-19-23/h2-11,16,18-19,37H,12-15,17,20H2,1H3,(H,38,43). The van der Waals surface area contributed by atoms with Crippen molar-refractivity contribution < 1.29 is 18.0 Å². The van der Waals surface area contributed by atoms with Crippen molar-refractivity contribution in [2.24, 2.45) is 0 Å². The zero-order valence-corrected chi connectivity index (χ0v) is 23.5. The highest BCUT2D eigenvalue weighted by molar-refractivity contribution is 6.04. The van der Waals surface area contributed by atoms with Gasteiger partial charge in [0.15, 0.2) is 5.82 Å². The highest BCUT2D eigenvalue weighted by Gasteiger charge is 2.34. The molecule has 1 saturated heterocycles. The van der Waals surface area contributed by atoms with Gasteiger partial charge in [-0.1, -0.05) is 18.2 Å². The van der Waals surface area contributed by atoms with Gasteiger partial charge in [0, 0.05) is 74.5 Å². The molecule has 0 aliphatic carbocycles. The third kappa shape index (κ3) is 6.58. The number of aromatic nitrogens is 4. The van der Waals surface area contributed by atoms with Crippen LogP contribution >= 0.6 is 0 Å². The Hall–Kier alpha value is -4.61. The fourth-order valence-corrected chi connectivity index (χ4v) is 5.28. The molecule has 0 spiro atoms. The van der Waals surface area contributed by atoms with Crippen LogP contribution in [-0.4, -0.2) is 68.9 Å². The molecule has 6 rings (SSSR count). The number of fused-ring (bicyclic) bond motifs is 1. The lowest BCUT2D eigenvalue weighted by molar-refractivity contribution is -0.138. The lowest BCUT2D eigenvalue weighted by atomic mass is 10.0. The minimum atomic E-state index is -4.54. The van der Waals surface area contributed by atoms with Crippen LogP contribution in [0.15, 0.2) is 79.3 Å². The number of aromatic amines is 1. The molecule has 1 aliphatic rings. The molecule has 2 aromatic carbocycles. The van der Waals surface area contributed by atoms with Crippen molar-refractivity contribution in [1.29, 1.82) is 0 Å².